The van der Waals surface area contributed by atoms with Gasteiger partial charge in [-0.3, -0.25) is 0 Å². The molecule has 0 unspecified atom stereocenters. The summed E-state index contributed by atoms with van der Waals surface area (Å²) in [5.41, 5.74) is 1.000. The Kier molecular flexibility index (Phi) is 3.57. The average Bonchev–Trinajstić information content (AvgIpc) is 2.03. The minimum atomic E-state index is 0.752. The fourth-order valence-corrected chi connectivity index (χ4v) is 1.12. The van der Waals surface area contributed by atoms with E-state index in [0.717, 1.165) is 15.1 Å². The first-order chi connectivity index (χ1) is 5.70. The van der Waals surface area contributed by atoms with E-state index in [1.165, 1.54) is 0 Å². The van der Waals surface area contributed by atoms with Crippen molar-refractivity contribution in [1.29, 1.82) is 0 Å². The van der Waals surface area contributed by atoms with Crippen LogP contribution in [0.2, 0.25) is 5.02 Å². The van der Waals surface area contributed by atoms with Crippen molar-refractivity contribution in [3.8, 4) is 0 Å². The molecule has 0 heterocycles. The molecule has 0 aliphatic heterocycles. The minimum absolute atomic E-state index is 0.752. The smallest absolute Gasteiger partial charge is 0.0478 e. The molecule has 0 saturated carbocycles. The summed E-state index contributed by atoms with van der Waals surface area (Å²) in [5, 5.41) is 0.752. The van der Waals surface area contributed by atoms with Crippen LogP contribution in [0.3, 0.4) is 0 Å². The predicted molar refractivity (Wildman–Crippen MR) is 58.6 cm³/mol. The molecule has 0 aliphatic carbocycles. The van der Waals surface area contributed by atoms with E-state index >= 15 is 0 Å². The van der Waals surface area contributed by atoms with Crippen LogP contribution < -0.4 is 0 Å². The van der Waals surface area contributed by atoms with Gasteiger partial charge in [0.15, 0.2) is 0 Å². The highest BCUT2D eigenvalue weighted by Gasteiger charge is 1.91. The molecule has 1 rings (SSSR count). The monoisotopic (exact) mass is 242 g/mol. The lowest BCUT2D eigenvalue weighted by Crippen LogP contribution is -1.72. The number of hydrogen-bond donors (Lipinski definition) is 0. The molecular formula is C10H8BrCl. The second-order valence-corrected chi connectivity index (χ2v) is 3.73. The lowest BCUT2D eigenvalue weighted by atomic mass is 10.2. The molecule has 0 radical (unpaired) electrons. The van der Waals surface area contributed by atoms with Crippen molar-refractivity contribution in [3.63, 3.8) is 0 Å². The summed E-state index contributed by atoms with van der Waals surface area (Å²) in [4.78, 5) is 0. The zero-order valence-corrected chi connectivity index (χ0v) is 8.77. The Morgan fingerprint density at radius 1 is 1.42 bits per heavy atom. The first-order valence-corrected chi connectivity index (χ1v) is 4.64. The van der Waals surface area contributed by atoms with Crippen LogP contribution in [0.4, 0.5) is 0 Å². The highest BCUT2D eigenvalue weighted by Crippen LogP contribution is 2.17. The van der Waals surface area contributed by atoms with Crippen LogP contribution in [0, 0.1) is 0 Å². The molecule has 0 amide bonds. The molecule has 0 aliphatic rings. The van der Waals surface area contributed by atoms with E-state index in [0.29, 0.717) is 0 Å². The highest BCUT2D eigenvalue weighted by atomic mass is 79.9. The van der Waals surface area contributed by atoms with Gasteiger partial charge >= 0.3 is 0 Å². The van der Waals surface area contributed by atoms with Crippen LogP contribution in [0.5, 0.6) is 0 Å². The van der Waals surface area contributed by atoms with Gasteiger partial charge in [0.05, 0.1) is 0 Å². The Morgan fingerprint density at radius 2 is 2.08 bits per heavy atom. The molecule has 12 heavy (non-hydrogen) atoms. The van der Waals surface area contributed by atoms with Crippen LogP contribution in [0.25, 0.3) is 6.08 Å². The summed E-state index contributed by atoms with van der Waals surface area (Å²) in [6.07, 6.45) is 3.78. The van der Waals surface area contributed by atoms with E-state index in [9.17, 15) is 0 Å². The molecular weight excluding hydrogens is 235 g/mol. The topological polar surface area (TPSA) is 0 Å². The molecule has 62 valence electrons. The lowest BCUT2D eigenvalue weighted by molar-refractivity contribution is 1.66. The maximum atomic E-state index is 5.91. The molecule has 0 N–H and O–H groups in total. The predicted octanol–water partition coefficient (Wildman–Crippen LogP) is 4.26. The summed E-state index contributed by atoms with van der Waals surface area (Å²) in [6, 6.07) is 7.66. The van der Waals surface area contributed by atoms with Crippen molar-refractivity contribution >= 4 is 33.6 Å². The summed E-state index contributed by atoms with van der Waals surface area (Å²) in [6.45, 7) is 3.69. The normalized spacial score (nSPS) is 10.5. The van der Waals surface area contributed by atoms with E-state index in [-0.39, 0.29) is 0 Å². The number of halogens is 2. The third-order valence-corrected chi connectivity index (χ3v) is 1.96. The highest BCUT2D eigenvalue weighted by molar-refractivity contribution is 9.11. The van der Waals surface area contributed by atoms with Crippen LogP contribution in [0.15, 0.2) is 41.4 Å². The van der Waals surface area contributed by atoms with E-state index in [4.69, 9.17) is 11.6 Å². The molecule has 0 aromatic heterocycles. The summed E-state index contributed by atoms with van der Waals surface area (Å²) < 4.78 is 0.836. The minimum Gasteiger partial charge on any atom is -0.0847 e. The Morgan fingerprint density at radius 3 is 2.67 bits per heavy atom. The van der Waals surface area contributed by atoms with Crippen molar-refractivity contribution < 1.29 is 0 Å². The summed E-state index contributed by atoms with van der Waals surface area (Å²) in [5.74, 6) is 0. The van der Waals surface area contributed by atoms with Gasteiger partial charge in [0.1, 0.15) is 0 Å². The first-order valence-electron chi connectivity index (χ1n) is 3.47. The van der Waals surface area contributed by atoms with Gasteiger partial charge in [-0.05, 0) is 17.7 Å². The van der Waals surface area contributed by atoms with Gasteiger partial charge in [0.25, 0.3) is 0 Å². The van der Waals surface area contributed by atoms with Crippen LogP contribution in [-0.4, -0.2) is 0 Å². The van der Waals surface area contributed by atoms with Gasteiger partial charge in [0, 0.05) is 9.51 Å². The zero-order chi connectivity index (χ0) is 8.97. The van der Waals surface area contributed by atoms with E-state index in [1.54, 1.807) is 0 Å². The maximum Gasteiger partial charge on any atom is 0.0478 e. The number of rotatable bonds is 2. The van der Waals surface area contributed by atoms with E-state index in [2.05, 4.69) is 22.5 Å². The van der Waals surface area contributed by atoms with Crippen LogP contribution >= 0.6 is 27.5 Å². The zero-order valence-electron chi connectivity index (χ0n) is 6.43. The van der Waals surface area contributed by atoms with E-state index in [1.807, 2.05) is 36.4 Å². The number of benzene rings is 1. The number of allylic oxidation sites excluding steroid dienone is 2. The molecule has 0 nitrogen and oxygen atoms in total. The van der Waals surface area contributed by atoms with Gasteiger partial charge in [-0.25, -0.2) is 0 Å². The third kappa shape index (κ3) is 2.84. The summed E-state index contributed by atoms with van der Waals surface area (Å²) in [7, 11) is 0. The quantitative estimate of drug-likeness (QED) is 0.681. The SMILES string of the molecule is C=C(Br)/C=C/c1ccccc1Cl. The largest absolute Gasteiger partial charge is 0.0847 e. The standard InChI is InChI=1S/C10H8BrCl/c1-8(11)6-7-9-4-2-3-5-10(9)12/h2-7H,1H2/b7-6+. The van der Waals surface area contributed by atoms with Crippen molar-refractivity contribution in [2.45, 2.75) is 0 Å². The second-order valence-electron chi connectivity index (χ2n) is 2.30. The molecule has 1 aromatic carbocycles. The molecule has 0 saturated heterocycles. The Hall–Kier alpha value is -0.530. The van der Waals surface area contributed by atoms with E-state index < -0.39 is 0 Å². The van der Waals surface area contributed by atoms with Crippen molar-refractivity contribution in [3.05, 3.63) is 52.0 Å². The average molecular weight is 244 g/mol. The van der Waals surface area contributed by atoms with Crippen LogP contribution in [-0.2, 0) is 0 Å². The van der Waals surface area contributed by atoms with Gasteiger partial charge in [-0.15, -0.1) is 0 Å². The van der Waals surface area contributed by atoms with Crippen molar-refractivity contribution in [2.75, 3.05) is 0 Å². The van der Waals surface area contributed by atoms with Gasteiger partial charge in [-0.2, -0.15) is 0 Å². The molecule has 2 heteroatoms. The Balaban J connectivity index is 2.89. The van der Waals surface area contributed by atoms with Crippen molar-refractivity contribution in [1.82, 2.24) is 0 Å². The molecule has 0 fully saturated rings. The third-order valence-electron chi connectivity index (χ3n) is 1.35. The Bertz CT molecular complexity index is 315. The number of hydrogen-bond acceptors (Lipinski definition) is 0. The molecule has 0 atom stereocenters. The van der Waals surface area contributed by atoms with Gasteiger partial charge in [-0.1, -0.05) is 58.4 Å². The van der Waals surface area contributed by atoms with Gasteiger partial charge < -0.3 is 0 Å². The molecule has 1 aromatic rings. The fourth-order valence-electron chi connectivity index (χ4n) is 0.790. The Labute approximate surface area is 85.7 Å². The van der Waals surface area contributed by atoms with Crippen LogP contribution in [0.1, 0.15) is 5.56 Å². The summed E-state index contributed by atoms with van der Waals surface area (Å²) >= 11 is 9.14. The van der Waals surface area contributed by atoms with Gasteiger partial charge in [0.2, 0.25) is 0 Å². The maximum absolute atomic E-state index is 5.91. The second kappa shape index (κ2) is 4.48. The van der Waals surface area contributed by atoms with Crippen molar-refractivity contribution in [2.24, 2.45) is 0 Å². The molecule has 0 spiro atoms. The lowest BCUT2D eigenvalue weighted by Gasteiger charge is -1.95. The fraction of sp³-hybridized carbons (Fsp3) is 0. The first kappa shape index (κ1) is 9.56. The molecule has 0 bridgehead atoms.